The number of hydrogen-bond donors (Lipinski definition) is 1. The van der Waals surface area contributed by atoms with Crippen LogP contribution in [0.4, 0.5) is 5.69 Å². The lowest BCUT2D eigenvalue weighted by Crippen LogP contribution is -2.50. The number of pyridine rings is 1. The average Bonchev–Trinajstić information content (AvgIpc) is 2.58. The predicted octanol–water partition coefficient (Wildman–Crippen LogP) is 0.925. The van der Waals surface area contributed by atoms with Gasteiger partial charge in [-0.1, -0.05) is 18.2 Å². The molecule has 8 heteroatoms. The lowest BCUT2D eigenvalue weighted by Gasteiger charge is -2.33. The summed E-state index contributed by atoms with van der Waals surface area (Å²) in [6.07, 6.45) is 3.50. The summed E-state index contributed by atoms with van der Waals surface area (Å²) in [7, 11) is -3.51. The SMILES string of the molecule is CS(=O)(=O)N1CC(C(=O)NCc2cccnc2)Oc2ccccc21. The molecule has 2 heterocycles. The Morgan fingerprint density at radius 2 is 2.12 bits per heavy atom. The van der Waals surface area contributed by atoms with Crippen LogP contribution >= 0.6 is 0 Å². The van der Waals surface area contributed by atoms with E-state index in [1.807, 2.05) is 6.07 Å². The maximum absolute atomic E-state index is 12.4. The minimum absolute atomic E-state index is 0.0608. The summed E-state index contributed by atoms with van der Waals surface area (Å²) >= 11 is 0. The second kappa shape index (κ2) is 6.48. The number of sulfonamides is 1. The molecule has 1 unspecified atom stereocenters. The molecule has 0 aliphatic carbocycles. The van der Waals surface area contributed by atoms with E-state index in [0.29, 0.717) is 18.0 Å². The van der Waals surface area contributed by atoms with E-state index < -0.39 is 16.1 Å². The number of anilines is 1. The van der Waals surface area contributed by atoms with Gasteiger partial charge in [0, 0.05) is 18.9 Å². The molecule has 7 nitrogen and oxygen atoms in total. The molecular weight excluding hydrogens is 330 g/mol. The highest BCUT2D eigenvalue weighted by atomic mass is 32.2. The van der Waals surface area contributed by atoms with Crippen LogP contribution in [-0.4, -0.2) is 38.2 Å². The number of rotatable bonds is 4. The number of carbonyl (C=O) groups excluding carboxylic acids is 1. The first-order valence-corrected chi connectivity index (χ1v) is 9.20. The highest BCUT2D eigenvalue weighted by molar-refractivity contribution is 7.92. The van der Waals surface area contributed by atoms with E-state index in [0.717, 1.165) is 11.8 Å². The van der Waals surface area contributed by atoms with E-state index in [-0.39, 0.29) is 12.5 Å². The van der Waals surface area contributed by atoms with E-state index in [9.17, 15) is 13.2 Å². The van der Waals surface area contributed by atoms with Gasteiger partial charge < -0.3 is 10.1 Å². The number of nitrogens with zero attached hydrogens (tertiary/aromatic N) is 2. The lowest BCUT2D eigenvalue weighted by atomic mass is 10.2. The Hall–Kier alpha value is -2.61. The standard InChI is InChI=1S/C16H17N3O4S/c1-24(21,22)19-11-15(23-14-7-3-2-6-13(14)19)16(20)18-10-12-5-4-8-17-9-12/h2-9,15H,10-11H2,1H3,(H,18,20). The fourth-order valence-corrected chi connectivity index (χ4v) is 3.37. The topological polar surface area (TPSA) is 88.6 Å². The second-order valence-corrected chi connectivity index (χ2v) is 7.35. The van der Waals surface area contributed by atoms with Gasteiger partial charge in [-0.3, -0.25) is 14.1 Å². The molecule has 0 radical (unpaired) electrons. The first-order chi connectivity index (χ1) is 11.4. The molecule has 1 aliphatic heterocycles. The van der Waals surface area contributed by atoms with Crippen molar-refractivity contribution in [3.05, 3.63) is 54.4 Å². The quantitative estimate of drug-likeness (QED) is 0.889. The van der Waals surface area contributed by atoms with Crippen LogP contribution < -0.4 is 14.4 Å². The van der Waals surface area contributed by atoms with Crippen molar-refractivity contribution in [2.75, 3.05) is 17.1 Å². The van der Waals surface area contributed by atoms with E-state index >= 15 is 0 Å². The molecule has 1 aromatic heterocycles. The smallest absolute Gasteiger partial charge is 0.263 e. The van der Waals surface area contributed by atoms with Crippen molar-refractivity contribution in [3.8, 4) is 5.75 Å². The first kappa shape index (κ1) is 16.3. The zero-order chi connectivity index (χ0) is 17.2. The fourth-order valence-electron chi connectivity index (χ4n) is 2.46. The van der Waals surface area contributed by atoms with Gasteiger partial charge in [0.05, 0.1) is 18.5 Å². The lowest BCUT2D eigenvalue weighted by molar-refractivity contribution is -0.127. The Balaban J connectivity index is 1.76. The van der Waals surface area contributed by atoms with Gasteiger partial charge in [0.2, 0.25) is 10.0 Å². The van der Waals surface area contributed by atoms with Gasteiger partial charge in [-0.05, 0) is 23.8 Å². The second-order valence-electron chi connectivity index (χ2n) is 5.45. The summed E-state index contributed by atoms with van der Waals surface area (Å²) in [5, 5.41) is 2.75. The van der Waals surface area contributed by atoms with Crippen LogP contribution in [-0.2, 0) is 21.4 Å². The van der Waals surface area contributed by atoms with Crippen molar-refractivity contribution in [2.24, 2.45) is 0 Å². The number of nitrogens with one attached hydrogen (secondary N) is 1. The van der Waals surface area contributed by atoms with E-state index in [2.05, 4.69) is 10.3 Å². The van der Waals surface area contributed by atoms with E-state index in [4.69, 9.17) is 4.74 Å². The number of fused-ring (bicyclic) bond motifs is 1. The number of para-hydroxylation sites is 2. The zero-order valence-corrected chi connectivity index (χ0v) is 13.9. The molecule has 1 aromatic carbocycles. The van der Waals surface area contributed by atoms with Crippen LogP contribution in [0, 0.1) is 0 Å². The minimum Gasteiger partial charge on any atom is -0.476 e. The number of hydrogen-bond acceptors (Lipinski definition) is 5. The summed E-state index contributed by atoms with van der Waals surface area (Å²) in [6, 6.07) is 10.4. The van der Waals surface area contributed by atoms with Gasteiger partial charge in [0.15, 0.2) is 6.10 Å². The van der Waals surface area contributed by atoms with Crippen molar-refractivity contribution in [2.45, 2.75) is 12.6 Å². The van der Waals surface area contributed by atoms with Crippen molar-refractivity contribution in [1.29, 1.82) is 0 Å². The highest BCUT2D eigenvalue weighted by Gasteiger charge is 2.34. The zero-order valence-electron chi connectivity index (χ0n) is 13.0. The molecule has 1 atom stereocenters. The van der Waals surface area contributed by atoms with Gasteiger partial charge in [-0.15, -0.1) is 0 Å². The normalized spacial score (nSPS) is 16.9. The van der Waals surface area contributed by atoms with Crippen LogP contribution in [0.2, 0.25) is 0 Å². The summed E-state index contributed by atoms with van der Waals surface area (Å²) in [4.78, 5) is 16.4. The molecule has 24 heavy (non-hydrogen) atoms. The van der Waals surface area contributed by atoms with Gasteiger partial charge in [0.25, 0.3) is 5.91 Å². The van der Waals surface area contributed by atoms with Crippen molar-refractivity contribution in [1.82, 2.24) is 10.3 Å². The third kappa shape index (κ3) is 3.48. The molecule has 0 spiro atoms. The first-order valence-electron chi connectivity index (χ1n) is 7.35. The maximum atomic E-state index is 12.4. The van der Waals surface area contributed by atoms with E-state index in [1.54, 1.807) is 42.7 Å². The Bertz CT molecular complexity index is 839. The number of amides is 1. The monoisotopic (exact) mass is 347 g/mol. The minimum atomic E-state index is -3.51. The van der Waals surface area contributed by atoms with Crippen molar-refractivity contribution in [3.63, 3.8) is 0 Å². The summed E-state index contributed by atoms with van der Waals surface area (Å²) in [6.45, 7) is 0.238. The molecular formula is C16H17N3O4S. The number of ether oxygens (including phenoxy) is 1. The molecule has 0 saturated heterocycles. The number of aromatic nitrogens is 1. The molecule has 1 N–H and O–H groups in total. The average molecular weight is 347 g/mol. The molecule has 2 aromatic rings. The number of carbonyl (C=O) groups is 1. The molecule has 126 valence electrons. The van der Waals surface area contributed by atoms with Crippen molar-refractivity contribution < 1.29 is 17.9 Å². The molecule has 0 bridgehead atoms. The Kier molecular flexibility index (Phi) is 4.39. The predicted molar refractivity (Wildman–Crippen MR) is 89.1 cm³/mol. The van der Waals surface area contributed by atoms with E-state index in [1.165, 1.54) is 4.31 Å². The molecule has 0 fully saturated rings. The molecule has 0 saturated carbocycles. The number of benzene rings is 1. The highest BCUT2D eigenvalue weighted by Crippen LogP contribution is 2.34. The third-order valence-electron chi connectivity index (χ3n) is 3.62. The third-order valence-corrected chi connectivity index (χ3v) is 4.76. The van der Waals surface area contributed by atoms with Crippen LogP contribution in [0.1, 0.15) is 5.56 Å². The summed E-state index contributed by atoms with van der Waals surface area (Å²) < 4.78 is 30.9. The molecule has 3 rings (SSSR count). The molecule has 1 aliphatic rings. The summed E-state index contributed by atoms with van der Waals surface area (Å²) in [5.74, 6) is -0.00212. The fraction of sp³-hybridized carbons (Fsp3) is 0.250. The van der Waals surface area contributed by atoms with Crippen LogP contribution in [0.15, 0.2) is 48.8 Å². The Morgan fingerprint density at radius 3 is 2.83 bits per heavy atom. The van der Waals surface area contributed by atoms with Crippen molar-refractivity contribution >= 4 is 21.6 Å². The Morgan fingerprint density at radius 1 is 1.33 bits per heavy atom. The largest absolute Gasteiger partial charge is 0.476 e. The van der Waals surface area contributed by atoms with Gasteiger partial charge in [-0.25, -0.2) is 8.42 Å². The van der Waals surface area contributed by atoms with Crippen LogP contribution in [0.25, 0.3) is 0 Å². The molecule has 1 amide bonds. The van der Waals surface area contributed by atoms with Gasteiger partial charge >= 0.3 is 0 Å². The Labute approximate surface area is 140 Å². The van der Waals surface area contributed by atoms with Crippen LogP contribution in [0.5, 0.6) is 5.75 Å². The maximum Gasteiger partial charge on any atom is 0.263 e. The van der Waals surface area contributed by atoms with Crippen LogP contribution in [0.3, 0.4) is 0 Å². The van der Waals surface area contributed by atoms with Gasteiger partial charge in [-0.2, -0.15) is 0 Å². The van der Waals surface area contributed by atoms with Gasteiger partial charge in [0.1, 0.15) is 5.75 Å². The summed E-state index contributed by atoms with van der Waals surface area (Å²) in [5.41, 5.74) is 1.29.